The van der Waals surface area contributed by atoms with Gasteiger partial charge in [0.2, 0.25) is 0 Å². The summed E-state index contributed by atoms with van der Waals surface area (Å²) in [7, 11) is 0. The van der Waals surface area contributed by atoms with Gasteiger partial charge < -0.3 is 0 Å². The Morgan fingerprint density at radius 2 is 1.90 bits per heavy atom. The predicted molar refractivity (Wildman–Crippen MR) is 85.3 cm³/mol. The average molecular weight is 330 g/mol. The van der Waals surface area contributed by atoms with Gasteiger partial charge in [-0.15, -0.1) is 0 Å². The van der Waals surface area contributed by atoms with Crippen molar-refractivity contribution in [3.05, 3.63) is 52.9 Å². The Morgan fingerprint density at radius 3 is 2.60 bits per heavy atom. The summed E-state index contributed by atoms with van der Waals surface area (Å²) < 4.78 is 2.83. The molecule has 20 heavy (non-hydrogen) atoms. The molecule has 0 unspecified atom stereocenters. The lowest BCUT2D eigenvalue weighted by Crippen LogP contribution is -2.10. The van der Waals surface area contributed by atoms with Crippen molar-refractivity contribution in [3.63, 3.8) is 0 Å². The summed E-state index contributed by atoms with van der Waals surface area (Å²) >= 11 is 3.40. The Kier molecular flexibility index (Phi) is 3.13. The summed E-state index contributed by atoms with van der Waals surface area (Å²) in [5, 5.41) is 0. The molecule has 0 fully saturated rings. The smallest absolute Gasteiger partial charge is 0.139 e. The first kappa shape index (κ1) is 13.3. The number of benzene rings is 1. The van der Waals surface area contributed by atoms with E-state index >= 15 is 0 Å². The van der Waals surface area contributed by atoms with E-state index in [1.165, 1.54) is 5.56 Å². The van der Waals surface area contributed by atoms with E-state index in [4.69, 9.17) is 0 Å². The fourth-order valence-corrected chi connectivity index (χ4v) is 2.53. The molecule has 0 spiro atoms. The average Bonchev–Trinajstić information content (AvgIpc) is 2.80. The minimum absolute atomic E-state index is 0.131. The molecule has 0 aliphatic heterocycles. The lowest BCUT2D eigenvalue weighted by atomic mass is 9.87. The predicted octanol–water partition coefficient (Wildman–Crippen LogP) is 4.48. The van der Waals surface area contributed by atoms with Crippen LogP contribution in [-0.2, 0) is 5.41 Å². The SMILES string of the molecule is CC(C)(C)c1ccc2c(c1)ncn2-c1cccc(Br)n1. The number of hydrogen-bond acceptors (Lipinski definition) is 2. The molecule has 3 rings (SSSR count). The van der Waals surface area contributed by atoms with Gasteiger partial charge in [-0.3, -0.25) is 4.57 Å². The van der Waals surface area contributed by atoms with Gasteiger partial charge in [-0.05, 0) is 51.2 Å². The van der Waals surface area contributed by atoms with E-state index in [1.54, 1.807) is 0 Å². The molecule has 0 bridgehead atoms. The van der Waals surface area contributed by atoms with Crippen LogP contribution in [0.4, 0.5) is 0 Å². The zero-order valence-corrected chi connectivity index (χ0v) is 13.3. The third kappa shape index (κ3) is 2.36. The van der Waals surface area contributed by atoms with Crippen LogP contribution in [-0.4, -0.2) is 14.5 Å². The summed E-state index contributed by atoms with van der Waals surface area (Å²) in [5.41, 5.74) is 3.49. The number of halogens is 1. The third-order valence-corrected chi connectivity index (χ3v) is 3.80. The second-order valence-electron chi connectivity index (χ2n) is 5.89. The van der Waals surface area contributed by atoms with Gasteiger partial charge in [0.15, 0.2) is 0 Å². The highest BCUT2D eigenvalue weighted by Crippen LogP contribution is 2.26. The van der Waals surface area contributed by atoms with Crippen molar-refractivity contribution >= 4 is 27.0 Å². The van der Waals surface area contributed by atoms with Crippen LogP contribution < -0.4 is 0 Å². The lowest BCUT2D eigenvalue weighted by molar-refractivity contribution is 0.591. The first-order valence-electron chi connectivity index (χ1n) is 6.56. The second kappa shape index (κ2) is 4.70. The van der Waals surface area contributed by atoms with Crippen LogP contribution in [0.1, 0.15) is 26.3 Å². The van der Waals surface area contributed by atoms with Crippen LogP contribution in [0.15, 0.2) is 47.3 Å². The molecule has 0 N–H and O–H groups in total. The fourth-order valence-electron chi connectivity index (χ4n) is 2.19. The fraction of sp³-hybridized carbons (Fsp3) is 0.250. The second-order valence-corrected chi connectivity index (χ2v) is 6.70. The van der Waals surface area contributed by atoms with Crippen molar-refractivity contribution in [2.45, 2.75) is 26.2 Å². The number of pyridine rings is 1. The van der Waals surface area contributed by atoms with Crippen LogP contribution in [0.2, 0.25) is 0 Å². The number of aromatic nitrogens is 3. The summed E-state index contributed by atoms with van der Waals surface area (Å²) in [5.74, 6) is 0.866. The van der Waals surface area contributed by atoms with Crippen LogP contribution in [0.25, 0.3) is 16.9 Å². The van der Waals surface area contributed by atoms with Gasteiger partial charge >= 0.3 is 0 Å². The van der Waals surface area contributed by atoms with Crippen molar-refractivity contribution in [2.75, 3.05) is 0 Å². The van der Waals surface area contributed by atoms with E-state index in [0.29, 0.717) is 0 Å². The van der Waals surface area contributed by atoms with E-state index < -0.39 is 0 Å². The molecule has 0 atom stereocenters. The minimum atomic E-state index is 0.131. The first-order chi connectivity index (χ1) is 9.45. The molecule has 0 aliphatic rings. The highest BCUT2D eigenvalue weighted by molar-refractivity contribution is 9.10. The van der Waals surface area contributed by atoms with Crippen LogP contribution >= 0.6 is 15.9 Å². The van der Waals surface area contributed by atoms with E-state index in [-0.39, 0.29) is 5.41 Å². The number of imidazole rings is 1. The van der Waals surface area contributed by atoms with E-state index in [1.807, 2.05) is 29.1 Å². The summed E-state index contributed by atoms with van der Waals surface area (Å²) in [6.07, 6.45) is 1.83. The molecule has 3 nitrogen and oxygen atoms in total. The van der Waals surface area contributed by atoms with Crippen molar-refractivity contribution in [1.82, 2.24) is 14.5 Å². The third-order valence-electron chi connectivity index (χ3n) is 3.36. The molecule has 2 heterocycles. The Morgan fingerprint density at radius 1 is 1.10 bits per heavy atom. The van der Waals surface area contributed by atoms with Gasteiger partial charge in [-0.2, -0.15) is 0 Å². The zero-order valence-electron chi connectivity index (χ0n) is 11.8. The highest BCUT2D eigenvalue weighted by Gasteiger charge is 2.15. The van der Waals surface area contributed by atoms with Crippen molar-refractivity contribution in [1.29, 1.82) is 0 Å². The van der Waals surface area contributed by atoms with Crippen molar-refractivity contribution < 1.29 is 0 Å². The quantitative estimate of drug-likeness (QED) is 0.616. The molecule has 0 radical (unpaired) electrons. The first-order valence-corrected chi connectivity index (χ1v) is 7.35. The Balaban J connectivity index is 2.15. The zero-order chi connectivity index (χ0) is 14.3. The van der Waals surface area contributed by atoms with E-state index in [9.17, 15) is 0 Å². The maximum absolute atomic E-state index is 4.51. The maximum atomic E-state index is 4.51. The number of fused-ring (bicyclic) bond motifs is 1. The largest absolute Gasteiger partial charge is 0.283 e. The Hall–Kier alpha value is -1.68. The molecule has 1 aromatic carbocycles. The maximum Gasteiger partial charge on any atom is 0.139 e. The van der Waals surface area contributed by atoms with Gasteiger partial charge in [0, 0.05) is 0 Å². The van der Waals surface area contributed by atoms with Crippen LogP contribution in [0, 0.1) is 0 Å². The van der Waals surface area contributed by atoms with Gasteiger partial charge in [0.1, 0.15) is 16.7 Å². The van der Waals surface area contributed by atoms with E-state index in [2.05, 4.69) is 64.9 Å². The standard InChI is InChI=1S/C16H16BrN3/c1-16(2,3)11-7-8-13-12(9-11)18-10-20(13)15-6-4-5-14(17)19-15/h4-10H,1-3H3. The molecule has 4 heteroatoms. The monoisotopic (exact) mass is 329 g/mol. The molecular weight excluding hydrogens is 314 g/mol. The molecular formula is C16H16BrN3. The van der Waals surface area contributed by atoms with Gasteiger partial charge in [0.25, 0.3) is 0 Å². The molecule has 0 aliphatic carbocycles. The summed E-state index contributed by atoms with van der Waals surface area (Å²) in [6, 6.07) is 12.3. The van der Waals surface area contributed by atoms with Crippen LogP contribution in [0.5, 0.6) is 0 Å². The summed E-state index contributed by atoms with van der Waals surface area (Å²) in [6.45, 7) is 6.63. The Bertz CT molecular complexity index is 769. The van der Waals surface area contributed by atoms with Crippen molar-refractivity contribution in [3.8, 4) is 5.82 Å². The van der Waals surface area contributed by atoms with Gasteiger partial charge in [-0.25, -0.2) is 9.97 Å². The molecule has 0 saturated heterocycles. The van der Waals surface area contributed by atoms with Gasteiger partial charge in [-0.1, -0.05) is 32.9 Å². The van der Waals surface area contributed by atoms with E-state index in [0.717, 1.165) is 21.5 Å². The molecule has 0 saturated carbocycles. The molecule has 0 amide bonds. The number of rotatable bonds is 1. The molecule has 2 aromatic heterocycles. The normalized spacial score (nSPS) is 12.0. The molecule has 102 valence electrons. The van der Waals surface area contributed by atoms with Gasteiger partial charge in [0.05, 0.1) is 11.0 Å². The van der Waals surface area contributed by atoms with Crippen LogP contribution in [0.3, 0.4) is 0 Å². The number of nitrogens with zero attached hydrogens (tertiary/aromatic N) is 3. The van der Waals surface area contributed by atoms with Crippen molar-refractivity contribution in [2.24, 2.45) is 0 Å². The minimum Gasteiger partial charge on any atom is -0.283 e. The number of hydrogen-bond donors (Lipinski definition) is 0. The Labute approximate surface area is 126 Å². The highest BCUT2D eigenvalue weighted by atomic mass is 79.9. The molecule has 3 aromatic rings. The lowest BCUT2D eigenvalue weighted by Gasteiger charge is -2.18. The topological polar surface area (TPSA) is 30.7 Å². The summed E-state index contributed by atoms with van der Waals surface area (Å²) in [4.78, 5) is 8.98.